The van der Waals surface area contributed by atoms with Crippen LogP contribution in [0.25, 0.3) is 0 Å². The molecule has 2 rings (SSSR count). The number of nitrogens with one attached hydrogen (secondary N) is 1. The molecule has 0 aromatic heterocycles. The number of carbonyl (C=O) groups is 3. The molecule has 1 amide bonds. The fourth-order valence-corrected chi connectivity index (χ4v) is 2.92. The number of Topliss-reactive ketones (excluding diaryl/α,β-unsaturated/α-hetero) is 1. The molecule has 0 spiro atoms. The molecule has 2 aromatic rings. The van der Waals surface area contributed by atoms with Gasteiger partial charge in [-0.3, -0.25) is 14.4 Å². The van der Waals surface area contributed by atoms with Crippen molar-refractivity contribution in [2.45, 2.75) is 19.4 Å². The molecule has 0 radical (unpaired) electrons. The Morgan fingerprint density at radius 2 is 1.69 bits per heavy atom. The number of esters is 1. The quantitative estimate of drug-likeness (QED) is 0.429. The number of carbonyl (C=O) groups excluding carboxylic acids is 3. The van der Waals surface area contributed by atoms with Crippen LogP contribution in [0.5, 0.6) is 11.5 Å². The number of hydrogen-bond donors (Lipinski definition) is 1. The lowest BCUT2D eigenvalue weighted by atomic mass is 10.1. The summed E-state index contributed by atoms with van der Waals surface area (Å²) in [5, 5.41) is 2.66. The Balaban J connectivity index is 1.76. The van der Waals surface area contributed by atoms with Crippen LogP contribution in [0.1, 0.15) is 28.8 Å². The first kappa shape index (κ1) is 22.4. The van der Waals surface area contributed by atoms with Crippen LogP contribution in [0.3, 0.4) is 0 Å². The Morgan fingerprint density at radius 3 is 2.41 bits per heavy atom. The van der Waals surface area contributed by atoms with E-state index in [1.54, 1.807) is 31.4 Å². The molecule has 0 unspecified atom stereocenters. The third-order valence-corrected chi connectivity index (χ3v) is 4.54. The Bertz CT molecular complexity index is 883. The highest BCUT2D eigenvalue weighted by Gasteiger charge is 2.16. The Hall–Kier alpha value is -2.87. The Labute approximate surface area is 177 Å². The molecule has 0 aliphatic carbocycles. The number of ketones is 1. The van der Waals surface area contributed by atoms with Gasteiger partial charge in [0.25, 0.3) is 5.91 Å². The van der Waals surface area contributed by atoms with Crippen LogP contribution >= 0.6 is 15.9 Å². The third-order valence-electron chi connectivity index (χ3n) is 4.05. The standard InChI is InChI=1S/C21H22BrNO6/c1-27-18-6-4-3-5-14(18)12-23-20(25)13-29-21(26)10-8-17(24)16-11-15(22)7-9-19(16)28-2/h3-7,9,11H,8,10,12-13H2,1-2H3,(H,23,25). The van der Waals surface area contributed by atoms with Crippen LogP contribution in [0.4, 0.5) is 0 Å². The largest absolute Gasteiger partial charge is 0.496 e. The molecule has 1 N–H and O–H groups in total. The normalized spacial score (nSPS) is 10.2. The molecule has 7 nitrogen and oxygen atoms in total. The molecule has 0 bridgehead atoms. The summed E-state index contributed by atoms with van der Waals surface area (Å²) in [6.45, 7) is -0.163. The van der Waals surface area contributed by atoms with Crippen molar-refractivity contribution in [3.05, 3.63) is 58.1 Å². The Kier molecular flexibility index (Phi) is 8.67. The fourth-order valence-electron chi connectivity index (χ4n) is 2.56. The minimum absolute atomic E-state index is 0.0471. The van der Waals surface area contributed by atoms with E-state index in [9.17, 15) is 14.4 Å². The zero-order valence-corrected chi connectivity index (χ0v) is 17.8. The number of hydrogen-bond acceptors (Lipinski definition) is 6. The van der Waals surface area contributed by atoms with Crippen molar-refractivity contribution in [2.24, 2.45) is 0 Å². The summed E-state index contributed by atoms with van der Waals surface area (Å²) in [7, 11) is 3.02. The minimum atomic E-state index is -0.625. The molecule has 8 heteroatoms. The van der Waals surface area contributed by atoms with Crippen molar-refractivity contribution in [1.82, 2.24) is 5.32 Å². The predicted octanol–water partition coefficient (Wildman–Crippen LogP) is 3.29. The lowest BCUT2D eigenvalue weighted by Crippen LogP contribution is -2.28. The van der Waals surface area contributed by atoms with Crippen molar-refractivity contribution >= 4 is 33.6 Å². The average Bonchev–Trinajstić information content (AvgIpc) is 2.74. The molecule has 0 aliphatic heterocycles. The van der Waals surface area contributed by atoms with E-state index in [2.05, 4.69) is 21.2 Å². The summed E-state index contributed by atoms with van der Waals surface area (Å²) in [5.41, 5.74) is 1.19. The van der Waals surface area contributed by atoms with Gasteiger partial charge in [0.15, 0.2) is 12.4 Å². The smallest absolute Gasteiger partial charge is 0.306 e. The highest BCUT2D eigenvalue weighted by atomic mass is 79.9. The van der Waals surface area contributed by atoms with Crippen LogP contribution in [0.2, 0.25) is 0 Å². The van der Waals surface area contributed by atoms with Gasteiger partial charge in [-0.15, -0.1) is 0 Å². The van der Waals surface area contributed by atoms with Crippen LogP contribution in [-0.4, -0.2) is 38.5 Å². The minimum Gasteiger partial charge on any atom is -0.496 e. The van der Waals surface area contributed by atoms with Crippen LogP contribution in [-0.2, 0) is 20.9 Å². The lowest BCUT2D eigenvalue weighted by molar-refractivity contribution is -0.148. The van der Waals surface area contributed by atoms with E-state index >= 15 is 0 Å². The summed E-state index contributed by atoms with van der Waals surface area (Å²) in [6, 6.07) is 12.3. The molecular weight excluding hydrogens is 442 g/mol. The first-order valence-electron chi connectivity index (χ1n) is 8.85. The van der Waals surface area contributed by atoms with Crippen molar-refractivity contribution in [1.29, 1.82) is 0 Å². The first-order chi connectivity index (χ1) is 13.9. The fraction of sp³-hybridized carbons (Fsp3) is 0.286. The van der Waals surface area contributed by atoms with Crippen molar-refractivity contribution < 1.29 is 28.6 Å². The van der Waals surface area contributed by atoms with Gasteiger partial charge in [0.1, 0.15) is 11.5 Å². The molecule has 154 valence electrons. The highest BCUT2D eigenvalue weighted by Crippen LogP contribution is 2.24. The Morgan fingerprint density at radius 1 is 0.966 bits per heavy atom. The van der Waals surface area contributed by atoms with E-state index in [1.807, 2.05) is 18.2 Å². The topological polar surface area (TPSA) is 90.9 Å². The van der Waals surface area contributed by atoms with Gasteiger partial charge in [-0.2, -0.15) is 0 Å². The molecule has 0 heterocycles. The number of methoxy groups -OCH3 is 2. The molecule has 0 saturated carbocycles. The molecule has 29 heavy (non-hydrogen) atoms. The van der Waals surface area contributed by atoms with E-state index < -0.39 is 18.5 Å². The maximum absolute atomic E-state index is 12.3. The molecule has 2 aromatic carbocycles. The van der Waals surface area contributed by atoms with Gasteiger partial charge in [-0.1, -0.05) is 34.1 Å². The third kappa shape index (κ3) is 6.90. The number of amides is 1. The lowest BCUT2D eigenvalue weighted by Gasteiger charge is -2.10. The molecule has 0 atom stereocenters. The zero-order chi connectivity index (χ0) is 21.2. The second-order valence-electron chi connectivity index (χ2n) is 6.02. The second kappa shape index (κ2) is 11.2. The zero-order valence-electron chi connectivity index (χ0n) is 16.2. The number of ether oxygens (including phenoxy) is 3. The van der Waals surface area contributed by atoms with Crippen LogP contribution < -0.4 is 14.8 Å². The number of rotatable bonds is 10. The predicted molar refractivity (Wildman–Crippen MR) is 110 cm³/mol. The summed E-state index contributed by atoms with van der Waals surface area (Å²) in [6.07, 6.45) is -0.178. The van der Waals surface area contributed by atoms with Gasteiger partial charge in [0.05, 0.1) is 26.2 Å². The average molecular weight is 464 g/mol. The van der Waals surface area contributed by atoms with Gasteiger partial charge in [0.2, 0.25) is 0 Å². The van der Waals surface area contributed by atoms with E-state index in [4.69, 9.17) is 14.2 Å². The van der Waals surface area contributed by atoms with Crippen molar-refractivity contribution in [3.8, 4) is 11.5 Å². The summed E-state index contributed by atoms with van der Waals surface area (Å²) in [4.78, 5) is 36.1. The van der Waals surface area contributed by atoms with Gasteiger partial charge in [-0.05, 0) is 24.3 Å². The molecular formula is C21H22BrNO6. The van der Waals surface area contributed by atoms with Gasteiger partial charge < -0.3 is 19.5 Å². The van der Waals surface area contributed by atoms with Crippen LogP contribution in [0, 0.1) is 0 Å². The van der Waals surface area contributed by atoms with E-state index in [0.717, 1.165) is 10.0 Å². The van der Waals surface area contributed by atoms with E-state index in [-0.39, 0.29) is 25.2 Å². The SMILES string of the molecule is COc1ccccc1CNC(=O)COC(=O)CCC(=O)c1cc(Br)ccc1OC. The van der Waals surface area contributed by atoms with Crippen molar-refractivity contribution in [3.63, 3.8) is 0 Å². The van der Waals surface area contributed by atoms with Gasteiger partial charge in [-0.25, -0.2) is 0 Å². The maximum atomic E-state index is 12.3. The second-order valence-corrected chi connectivity index (χ2v) is 6.93. The van der Waals surface area contributed by atoms with E-state index in [0.29, 0.717) is 17.1 Å². The number of benzene rings is 2. The highest BCUT2D eigenvalue weighted by molar-refractivity contribution is 9.10. The summed E-state index contributed by atoms with van der Waals surface area (Å²) in [5.74, 6) is -0.224. The number of halogens is 1. The molecule has 0 aliphatic rings. The van der Waals surface area contributed by atoms with E-state index in [1.165, 1.54) is 7.11 Å². The van der Waals surface area contributed by atoms with Crippen LogP contribution in [0.15, 0.2) is 46.9 Å². The molecule has 0 fully saturated rings. The maximum Gasteiger partial charge on any atom is 0.306 e. The first-order valence-corrected chi connectivity index (χ1v) is 9.65. The summed E-state index contributed by atoms with van der Waals surface area (Å²) < 4.78 is 16.1. The molecule has 0 saturated heterocycles. The number of para-hydroxylation sites is 1. The van der Waals surface area contributed by atoms with Crippen molar-refractivity contribution in [2.75, 3.05) is 20.8 Å². The summed E-state index contributed by atoms with van der Waals surface area (Å²) >= 11 is 3.30. The van der Waals surface area contributed by atoms with Gasteiger partial charge >= 0.3 is 5.97 Å². The van der Waals surface area contributed by atoms with Gasteiger partial charge in [0, 0.05) is 23.0 Å². The monoisotopic (exact) mass is 463 g/mol.